The first kappa shape index (κ1) is 11.9. The number of methoxy groups -OCH3 is 1. The van der Waals surface area contributed by atoms with Crippen LogP contribution in [0, 0.1) is 5.82 Å². The van der Waals surface area contributed by atoms with Crippen molar-refractivity contribution in [3.63, 3.8) is 0 Å². The van der Waals surface area contributed by atoms with Crippen LogP contribution in [0.4, 0.5) is 4.39 Å². The number of ether oxygens (including phenoxy) is 2. The molecule has 1 atom stereocenters. The molecular weight excluding hydrogens is 201 g/mol. The average molecular weight is 215 g/mol. The Bertz CT molecular complexity index is 320. The molecule has 5 heteroatoms. The fraction of sp³-hybridized carbons (Fsp3) is 0.400. The lowest BCUT2D eigenvalue weighted by Crippen LogP contribution is -2.19. The number of hydrogen-bond donors (Lipinski definition) is 2. The van der Waals surface area contributed by atoms with Crippen molar-refractivity contribution in [3.05, 3.63) is 29.6 Å². The van der Waals surface area contributed by atoms with Crippen LogP contribution in [-0.2, 0) is 11.3 Å². The third kappa shape index (κ3) is 3.47. The van der Waals surface area contributed by atoms with E-state index in [1.54, 1.807) is 12.1 Å². The quantitative estimate of drug-likeness (QED) is 0.707. The first-order chi connectivity index (χ1) is 7.17. The van der Waals surface area contributed by atoms with Crippen LogP contribution in [0.25, 0.3) is 0 Å². The zero-order valence-corrected chi connectivity index (χ0v) is 8.44. The molecular formula is C10H14FNO3. The maximum absolute atomic E-state index is 13.2. The highest BCUT2D eigenvalue weighted by Gasteiger charge is 2.05. The summed E-state index contributed by atoms with van der Waals surface area (Å²) in [5.74, 6) is -0.0808. The fourth-order valence-corrected chi connectivity index (χ4v) is 1.02. The maximum Gasteiger partial charge on any atom is 0.188 e. The highest BCUT2D eigenvalue weighted by Crippen LogP contribution is 2.16. The predicted octanol–water partition coefficient (Wildman–Crippen LogP) is 0.628. The van der Waals surface area contributed by atoms with Gasteiger partial charge in [0.1, 0.15) is 18.2 Å². The summed E-state index contributed by atoms with van der Waals surface area (Å²) in [5, 5.41) is 9.03. The molecule has 0 amide bonds. The first-order valence-electron chi connectivity index (χ1n) is 4.49. The normalized spacial score (nSPS) is 12.5. The molecule has 0 aliphatic carbocycles. The highest BCUT2D eigenvalue weighted by atomic mass is 19.1. The largest absolute Gasteiger partial charge is 0.488 e. The van der Waals surface area contributed by atoms with E-state index in [0.29, 0.717) is 11.3 Å². The molecule has 0 radical (unpaired) electrons. The van der Waals surface area contributed by atoms with Gasteiger partial charge in [-0.3, -0.25) is 0 Å². The standard InChI is InChI=1S/C10H14FNO3/c1-14-10(13)6-15-8-3-2-7(5-12)9(11)4-8/h2-4,10,13H,5-6,12H2,1H3. The smallest absolute Gasteiger partial charge is 0.188 e. The van der Waals surface area contributed by atoms with Gasteiger partial charge in [0.2, 0.25) is 0 Å². The third-order valence-electron chi connectivity index (χ3n) is 1.91. The van der Waals surface area contributed by atoms with Crippen LogP contribution in [0.2, 0.25) is 0 Å². The van der Waals surface area contributed by atoms with Crippen LogP contribution in [0.5, 0.6) is 5.75 Å². The Morgan fingerprint density at radius 3 is 2.80 bits per heavy atom. The SMILES string of the molecule is COC(O)COc1ccc(CN)c(F)c1. The number of halogens is 1. The van der Waals surface area contributed by atoms with Gasteiger partial charge in [-0.2, -0.15) is 0 Å². The van der Waals surface area contributed by atoms with E-state index in [9.17, 15) is 4.39 Å². The molecule has 0 heterocycles. The molecule has 1 aromatic rings. The monoisotopic (exact) mass is 215 g/mol. The zero-order valence-electron chi connectivity index (χ0n) is 8.44. The van der Waals surface area contributed by atoms with Gasteiger partial charge in [-0.15, -0.1) is 0 Å². The Morgan fingerprint density at radius 2 is 2.27 bits per heavy atom. The molecule has 0 spiro atoms. The Morgan fingerprint density at radius 1 is 1.53 bits per heavy atom. The fourth-order valence-electron chi connectivity index (χ4n) is 1.02. The summed E-state index contributed by atoms with van der Waals surface area (Å²) in [6.45, 7) is 0.102. The molecule has 0 bridgehead atoms. The molecule has 1 unspecified atom stereocenters. The maximum atomic E-state index is 13.2. The summed E-state index contributed by atoms with van der Waals surface area (Å²) < 4.78 is 22.9. The lowest BCUT2D eigenvalue weighted by Gasteiger charge is -2.11. The molecule has 4 nitrogen and oxygen atoms in total. The molecule has 3 N–H and O–H groups in total. The minimum atomic E-state index is -1.01. The Labute approximate surface area is 87.4 Å². The molecule has 0 aromatic heterocycles. The van der Waals surface area contributed by atoms with Gasteiger partial charge < -0.3 is 20.3 Å². The highest BCUT2D eigenvalue weighted by molar-refractivity contribution is 5.28. The van der Waals surface area contributed by atoms with Gasteiger partial charge in [-0.1, -0.05) is 6.07 Å². The molecule has 0 saturated carbocycles. The zero-order chi connectivity index (χ0) is 11.3. The molecule has 0 fully saturated rings. The van der Waals surface area contributed by atoms with Gasteiger partial charge in [0.25, 0.3) is 0 Å². The third-order valence-corrected chi connectivity index (χ3v) is 1.91. The van der Waals surface area contributed by atoms with Crippen molar-refractivity contribution in [2.75, 3.05) is 13.7 Å². The van der Waals surface area contributed by atoms with Crippen molar-refractivity contribution in [3.8, 4) is 5.75 Å². The van der Waals surface area contributed by atoms with Crippen molar-refractivity contribution in [1.29, 1.82) is 0 Å². The van der Waals surface area contributed by atoms with Crippen LogP contribution in [0.1, 0.15) is 5.56 Å². The van der Waals surface area contributed by atoms with E-state index in [4.69, 9.17) is 15.6 Å². The van der Waals surface area contributed by atoms with E-state index in [-0.39, 0.29) is 13.2 Å². The molecule has 0 saturated heterocycles. The molecule has 1 aromatic carbocycles. The summed E-state index contributed by atoms with van der Waals surface area (Å²) >= 11 is 0. The van der Waals surface area contributed by atoms with E-state index in [1.807, 2.05) is 0 Å². The minimum absolute atomic E-state index is 0.0437. The van der Waals surface area contributed by atoms with E-state index >= 15 is 0 Å². The number of aliphatic hydroxyl groups is 1. The summed E-state index contributed by atoms with van der Waals surface area (Å²) in [6, 6.07) is 4.36. The van der Waals surface area contributed by atoms with Crippen molar-refractivity contribution in [1.82, 2.24) is 0 Å². The molecule has 1 rings (SSSR count). The van der Waals surface area contributed by atoms with Crippen LogP contribution < -0.4 is 10.5 Å². The van der Waals surface area contributed by atoms with Crippen molar-refractivity contribution in [2.24, 2.45) is 5.73 Å². The summed E-state index contributed by atoms with van der Waals surface area (Å²) in [4.78, 5) is 0. The topological polar surface area (TPSA) is 64.7 Å². The Hall–Kier alpha value is -1.17. The number of hydrogen-bond acceptors (Lipinski definition) is 4. The van der Waals surface area contributed by atoms with Crippen molar-refractivity contribution < 1.29 is 19.0 Å². The number of benzene rings is 1. The molecule has 84 valence electrons. The van der Waals surface area contributed by atoms with E-state index < -0.39 is 12.1 Å². The van der Waals surface area contributed by atoms with Gasteiger partial charge in [0, 0.05) is 25.3 Å². The second-order valence-corrected chi connectivity index (χ2v) is 2.96. The van der Waals surface area contributed by atoms with Gasteiger partial charge in [0.15, 0.2) is 6.29 Å². The van der Waals surface area contributed by atoms with Crippen molar-refractivity contribution >= 4 is 0 Å². The lowest BCUT2D eigenvalue weighted by molar-refractivity contribution is -0.0968. The minimum Gasteiger partial charge on any atom is -0.488 e. The lowest BCUT2D eigenvalue weighted by atomic mass is 10.2. The first-order valence-corrected chi connectivity index (χ1v) is 4.49. The van der Waals surface area contributed by atoms with Gasteiger partial charge in [0.05, 0.1) is 0 Å². The second kappa shape index (κ2) is 5.65. The Kier molecular flexibility index (Phi) is 4.48. The average Bonchev–Trinajstić information content (AvgIpc) is 2.26. The number of nitrogens with two attached hydrogens (primary N) is 1. The molecule has 15 heavy (non-hydrogen) atoms. The van der Waals surface area contributed by atoms with Crippen molar-refractivity contribution in [2.45, 2.75) is 12.8 Å². The van der Waals surface area contributed by atoms with Crippen LogP contribution in [-0.4, -0.2) is 25.1 Å². The Balaban J connectivity index is 2.59. The van der Waals surface area contributed by atoms with Crippen LogP contribution in [0.15, 0.2) is 18.2 Å². The number of aliphatic hydroxyl groups excluding tert-OH is 1. The molecule has 0 aliphatic heterocycles. The summed E-state index contributed by atoms with van der Waals surface area (Å²) in [5.41, 5.74) is 5.73. The van der Waals surface area contributed by atoms with E-state index in [1.165, 1.54) is 13.2 Å². The summed E-state index contributed by atoms with van der Waals surface area (Å²) in [6.07, 6.45) is -1.01. The van der Waals surface area contributed by atoms with E-state index in [2.05, 4.69) is 4.74 Å². The van der Waals surface area contributed by atoms with Crippen LogP contribution in [0.3, 0.4) is 0 Å². The predicted molar refractivity (Wildman–Crippen MR) is 52.8 cm³/mol. The summed E-state index contributed by atoms with van der Waals surface area (Å²) in [7, 11) is 1.35. The van der Waals surface area contributed by atoms with Gasteiger partial charge >= 0.3 is 0 Å². The second-order valence-electron chi connectivity index (χ2n) is 2.96. The van der Waals surface area contributed by atoms with Gasteiger partial charge in [-0.05, 0) is 6.07 Å². The van der Waals surface area contributed by atoms with E-state index in [0.717, 1.165) is 0 Å². The molecule has 0 aliphatic rings. The van der Waals surface area contributed by atoms with Gasteiger partial charge in [-0.25, -0.2) is 4.39 Å². The van der Waals surface area contributed by atoms with Crippen LogP contribution >= 0.6 is 0 Å². The number of rotatable bonds is 5.